The second-order valence-electron chi connectivity index (χ2n) is 4.64. The normalized spacial score (nSPS) is 17.6. The van der Waals surface area contributed by atoms with Crippen molar-refractivity contribution in [1.29, 1.82) is 0 Å². The topological polar surface area (TPSA) is 84.5 Å². The number of H-pyrrole nitrogens is 1. The van der Waals surface area contributed by atoms with Crippen LogP contribution in [0.15, 0.2) is 24.4 Å². The van der Waals surface area contributed by atoms with Crippen LogP contribution >= 0.6 is 0 Å². The Bertz CT molecular complexity index is 652. The van der Waals surface area contributed by atoms with Crippen molar-refractivity contribution in [2.75, 3.05) is 20.1 Å². The molecule has 3 heterocycles. The number of aromatic amines is 1. The first-order chi connectivity index (χ1) is 9.61. The minimum Gasteiger partial charge on any atom is -0.493 e. The number of nitrogens with one attached hydrogen (secondary N) is 1. The van der Waals surface area contributed by atoms with Gasteiger partial charge in [-0.3, -0.25) is 14.5 Å². The molecule has 1 saturated heterocycles. The average Bonchev–Trinajstić information content (AvgIpc) is 2.82. The van der Waals surface area contributed by atoms with Gasteiger partial charge in [0.05, 0.1) is 13.1 Å². The summed E-state index contributed by atoms with van der Waals surface area (Å²) in [5.74, 6) is -0.920. The van der Waals surface area contributed by atoms with E-state index in [0.717, 1.165) is 5.39 Å². The first kappa shape index (κ1) is 12.7. The molecule has 0 amide bonds. The maximum atomic E-state index is 11.7. The van der Waals surface area contributed by atoms with E-state index in [2.05, 4.69) is 9.97 Å². The van der Waals surface area contributed by atoms with Gasteiger partial charge in [-0.25, -0.2) is 4.98 Å². The molecule has 8 heteroatoms. The molecule has 0 radical (unpaired) electrons. The van der Waals surface area contributed by atoms with Crippen molar-refractivity contribution in [3.63, 3.8) is 0 Å². The predicted octanol–water partition coefficient (Wildman–Crippen LogP) is -0.710. The number of carbonyl (C=O) groups is 2. The van der Waals surface area contributed by atoms with Crippen molar-refractivity contribution < 1.29 is 18.9 Å². The Morgan fingerprint density at radius 3 is 2.60 bits per heavy atom. The quantitative estimate of drug-likeness (QED) is 0.691. The number of likely N-dealkylation sites (N-methyl/N-ethyl adjacent to an activating group) is 1. The number of hydrogen-bond acceptors (Lipinski definition) is 6. The van der Waals surface area contributed by atoms with Crippen molar-refractivity contribution in [3.05, 3.63) is 24.4 Å². The van der Waals surface area contributed by atoms with Gasteiger partial charge in [-0.1, -0.05) is 0 Å². The molecule has 0 atom stereocenters. The van der Waals surface area contributed by atoms with E-state index in [9.17, 15) is 9.59 Å². The van der Waals surface area contributed by atoms with E-state index < -0.39 is 19.1 Å². The van der Waals surface area contributed by atoms with Gasteiger partial charge in [0.2, 0.25) is 0 Å². The van der Waals surface area contributed by atoms with Crippen molar-refractivity contribution >= 4 is 35.7 Å². The Morgan fingerprint density at radius 1 is 1.20 bits per heavy atom. The minimum absolute atomic E-state index is 0.0380. The summed E-state index contributed by atoms with van der Waals surface area (Å²) in [4.78, 5) is 32.1. The molecule has 1 N–H and O–H groups in total. The summed E-state index contributed by atoms with van der Waals surface area (Å²) in [5.41, 5.74) is 1.03. The molecule has 1 aliphatic rings. The van der Waals surface area contributed by atoms with Crippen LogP contribution in [0.5, 0.6) is 0 Å². The van der Waals surface area contributed by atoms with Gasteiger partial charge in [-0.2, -0.15) is 0 Å². The predicted molar refractivity (Wildman–Crippen MR) is 71.2 cm³/mol. The molecule has 0 bridgehead atoms. The van der Waals surface area contributed by atoms with Gasteiger partial charge in [0.25, 0.3) is 0 Å². The minimum atomic E-state index is -1.10. The Balaban J connectivity index is 1.89. The summed E-state index contributed by atoms with van der Waals surface area (Å²) in [5, 5.41) is 0.928. The smallest absolute Gasteiger partial charge is 0.493 e. The third kappa shape index (κ3) is 2.50. The molecule has 1 aliphatic heterocycles. The highest BCUT2D eigenvalue weighted by molar-refractivity contribution is 6.63. The van der Waals surface area contributed by atoms with E-state index in [-0.39, 0.29) is 13.1 Å². The monoisotopic (exact) mass is 273 g/mol. The third-order valence-corrected chi connectivity index (χ3v) is 2.95. The van der Waals surface area contributed by atoms with Crippen molar-refractivity contribution in [2.45, 2.75) is 0 Å². The summed E-state index contributed by atoms with van der Waals surface area (Å²) in [7, 11) is 0.544. The summed E-state index contributed by atoms with van der Waals surface area (Å²) in [6, 6.07) is 5.37. The third-order valence-electron chi connectivity index (χ3n) is 2.95. The highest BCUT2D eigenvalue weighted by Gasteiger charge is 2.35. The van der Waals surface area contributed by atoms with Crippen LogP contribution in [0.1, 0.15) is 0 Å². The molecular weight excluding hydrogens is 261 g/mol. The lowest BCUT2D eigenvalue weighted by Gasteiger charge is -2.22. The van der Waals surface area contributed by atoms with Crippen LogP contribution in [0.2, 0.25) is 0 Å². The van der Waals surface area contributed by atoms with Crippen molar-refractivity contribution in [3.8, 4) is 0 Å². The second kappa shape index (κ2) is 4.97. The number of carbonyl (C=O) groups excluding carboxylic acids is 2. The molecule has 3 rings (SSSR count). The molecule has 2 aromatic heterocycles. The Labute approximate surface area is 115 Å². The van der Waals surface area contributed by atoms with E-state index in [0.29, 0.717) is 11.2 Å². The lowest BCUT2D eigenvalue weighted by atomic mass is 9.83. The van der Waals surface area contributed by atoms with Crippen LogP contribution in [0.25, 0.3) is 11.0 Å². The Hall–Kier alpha value is -2.35. The molecule has 7 nitrogen and oxygen atoms in total. The van der Waals surface area contributed by atoms with E-state index in [4.69, 9.17) is 9.31 Å². The van der Waals surface area contributed by atoms with Gasteiger partial charge >= 0.3 is 19.1 Å². The highest BCUT2D eigenvalue weighted by atomic mass is 16.6. The molecule has 0 unspecified atom stereocenters. The van der Waals surface area contributed by atoms with Crippen LogP contribution in [0, 0.1) is 0 Å². The van der Waals surface area contributed by atoms with Gasteiger partial charge in [0.1, 0.15) is 11.2 Å². The van der Waals surface area contributed by atoms with Crippen LogP contribution in [-0.4, -0.2) is 54.1 Å². The van der Waals surface area contributed by atoms with Crippen LogP contribution in [0.3, 0.4) is 0 Å². The van der Waals surface area contributed by atoms with E-state index >= 15 is 0 Å². The van der Waals surface area contributed by atoms with Crippen molar-refractivity contribution in [1.82, 2.24) is 14.9 Å². The summed E-state index contributed by atoms with van der Waals surface area (Å²) in [6.07, 6.45) is 1.76. The Kier molecular flexibility index (Phi) is 3.15. The maximum absolute atomic E-state index is 11.7. The van der Waals surface area contributed by atoms with Crippen LogP contribution < -0.4 is 5.59 Å². The van der Waals surface area contributed by atoms with E-state index in [1.54, 1.807) is 19.3 Å². The molecule has 0 spiro atoms. The lowest BCUT2D eigenvalue weighted by Crippen LogP contribution is -2.48. The van der Waals surface area contributed by atoms with E-state index in [1.807, 2.05) is 12.1 Å². The largest absolute Gasteiger partial charge is 0.656 e. The van der Waals surface area contributed by atoms with Gasteiger partial charge in [0.15, 0.2) is 0 Å². The molecular formula is C12H12BN3O4. The number of rotatable bonds is 1. The molecule has 20 heavy (non-hydrogen) atoms. The first-order valence-electron chi connectivity index (χ1n) is 6.13. The maximum Gasteiger partial charge on any atom is 0.656 e. The zero-order valence-corrected chi connectivity index (χ0v) is 10.8. The number of fused-ring (bicyclic) bond motifs is 1. The number of nitrogens with zero attached hydrogens (tertiary/aromatic N) is 2. The summed E-state index contributed by atoms with van der Waals surface area (Å²) in [6.45, 7) is 0.0761. The molecule has 1 fully saturated rings. The zero-order chi connectivity index (χ0) is 14.1. The first-order valence-corrected chi connectivity index (χ1v) is 6.13. The van der Waals surface area contributed by atoms with Crippen LogP contribution in [-0.2, 0) is 18.9 Å². The Morgan fingerprint density at radius 2 is 1.90 bits per heavy atom. The van der Waals surface area contributed by atoms with Crippen molar-refractivity contribution in [2.24, 2.45) is 0 Å². The second-order valence-corrected chi connectivity index (χ2v) is 4.64. The van der Waals surface area contributed by atoms with Crippen LogP contribution in [0.4, 0.5) is 0 Å². The number of hydrogen-bond donors (Lipinski definition) is 1. The number of pyridine rings is 1. The van der Waals surface area contributed by atoms with E-state index in [1.165, 1.54) is 4.90 Å². The number of aromatic nitrogens is 2. The average molecular weight is 273 g/mol. The fourth-order valence-corrected chi connectivity index (χ4v) is 2.03. The molecule has 0 aromatic carbocycles. The lowest BCUT2D eigenvalue weighted by molar-refractivity contribution is -0.145. The zero-order valence-electron chi connectivity index (χ0n) is 10.8. The molecule has 2 aromatic rings. The standard InChI is InChI=1S/C12H12BN3O4/c1-16-6-10(17)19-13(20-11(18)7-16)9-3-2-8-4-5-14-12(8)15-9/h2-5H,6-7H2,1H3,(H,14,15). The van der Waals surface area contributed by atoms with Gasteiger partial charge in [-0.05, 0) is 25.2 Å². The fraction of sp³-hybridized carbons (Fsp3) is 0.250. The molecule has 0 saturated carbocycles. The highest BCUT2D eigenvalue weighted by Crippen LogP contribution is 2.08. The molecule has 0 aliphatic carbocycles. The summed E-state index contributed by atoms with van der Waals surface area (Å²) >= 11 is 0. The summed E-state index contributed by atoms with van der Waals surface area (Å²) < 4.78 is 10.3. The fourth-order valence-electron chi connectivity index (χ4n) is 2.03. The van der Waals surface area contributed by atoms with Gasteiger partial charge < -0.3 is 14.3 Å². The SMILES string of the molecule is CN1CC(=O)OB(c2ccc3cc[nH]c3n2)OC(=O)C1. The van der Waals surface area contributed by atoms with Gasteiger partial charge in [0, 0.05) is 11.6 Å². The van der Waals surface area contributed by atoms with Gasteiger partial charge in [-0.15, -0.1) is 0 Å². The molecule has 102 valence electrons.